The van der Waals surface area contributed by atoms with Gasteiger partial charge in [-0.15, -0.1) is 6.58 Å². The Balaban J connectivity index is 2.27. The van der Waals surface area contributed by atoms with Crippen LogP contribution in [0.3, 0.4) is 0 Å². The van der Waals surface area contributed by atoms with E-state index < -0.39 is 0 Å². The molecule has 0 amide bonds. The predicted octanol–water partition coefficient (Wildman–Crippen LogP) is 2.11. The first-order valence-corrected chi connectivity index (χ1v) is 6.82. The van der Waals surface area contributed by atoms with Crippen molar-refractivity contribution in [3.8, 4) is 0 Å². The largest absolute Gasteiger partial charge is 0.326 e. The smallest absolute Gasteiger partial charge is 0.248 e. The third kappa shape index (κ3) is 1.65. The zero-order valence-corrected chi connectivity index (χ0v) is 11.5. The molecule has 3 heteroatoms. The summed E-state index contributed by atoms with van der Waals surface area (Å²) in [6, 6.07) is 3.61. The van der Waals surface area contributed by atoms with Gasteiger partial charge >= 0.3 is 0 Å². The normalized spacial score (nSPS) is 32.4. The monoisotopic (exact) mass is 256 g/mol. The van der Waals surface area contributed by atoms with Gasteiger partial charge in [-0.3, -0.25) is 4.79 Å². The summed E-state index contributed by atoms with van der Waals surface area (Å²) in [4.78, 5) is 14.6. The summed E-state index contributed by atoms with van der Waals surface area (Å²) >= 11 is 0. The number of rotatable bonds is 2. The first-order valence-electron chi connectivity index (χ1n) is 6.82. The molecule has 0 fully saturated rings. The molecule has 19 heavy (non-hydrogen) atoms. The van der Waals surface area contributed by atoms with E-state index in [1.165, 1.54) is 11.1 Å². The van der Waals surface area contributed by atoms with Gasteiger partial charge < -0.3 is 10.3 Å². The van der Waals surface area contributed by atoms with E-state index in [1.807, 2.05) is 13.1 Å². The molecule has 0 spiro atoms. The molecule has 1 heterocycles. The van der Waals surface area contributed by atoms with Gasteiger partial charge in [0.1, 0.15) is 0 Å². The molecule has 0 aliphatic heterocycles. The summed E-state index contributed by atoms with van der Waals surface area (Å²) in [5.74, 6) is 0.795. The average Bonchev–Trinajstić information content (AvgIpc) is 2.37. The van der Waals surface area contributed by atoms with Crippen LogP contribution in [0.5, 0.6) is 0 Å². The van der Waals surface area contributed by atoms with E-state index in [9.17, 15) is 4.79 Å². The van der Waals surface area contributed by atoms with Crippen LogP contribution in [-0.2, 0) is 12.0 Å². The molecule has 0 radical (unpaired) electrons. The van der Waals surface area contributed by atoms with Gasteiger partial charge in [-0.25, -0.2) is 0 Å². The van der Waals surface area contributed by atoms with Crippen LogP contribution < -0.4 is 10.9 Å². The van der Waals surface area contributed by atoms with Crippen LogP contribution >= 0.6 is 0 Å². The Kier molecular flexibility index (Phi) is 2.75. The molecule has 2 bridgehead atoms. The Labute approximate surface area is 113 Å². The van der Waals surface area contributed by atoms with Crippen LogP contribution in [0.15, 0.2) is 41.2 Å². The second kappa shape index (κ2) is 4.20. The topological polar surface area (TPSA) is 44.9 Å². The highest BCUT2D eigenvalue weighted by Crippen LogP contribution is 2.49. The Morgan fingerprint density at radius 3 is 3.00 bits per heavy atom. The Hall–Kier alpha value is -1.61. The zero-order chi connectivity index (χ0) is 13.6. The highest BCUT2D eigenvalue weighted by atomic mass is 16.1. The average molecular weight is 256 g/mol. The molecule has 1 aromatic rings. The van der Waals surface area contributed by atoms with Crippen molar-refractivity contribution in [3.05, 3.63) is 58.0 Å². The molecule has 3 nitrogen and oxygen atoms in total. The van der Waals surface area contributed by atoms with Crippen molar-refractivity contribution in [3.63, 3.8) is 0 Å². The van der Waals surface area contributed by atoms with Gasteiger partial charge in [-0.2, -0.15) is 0 Å². The number of fused-ring (bicyclic) bond motifs is 4. The minimum Gasteiger partial charge on any atom is -0.326 e. The van der Waals surface area contributed by atoms with Crippen LogP contribution in [0, 0.1) is 11.8 Å². The van der Waals surface area contributed by atoms with Gasteiger partial charge in [-0.05, 0) is 44.4 Å². The molecule has 1 aromatic heterocycles. The molecule has 2 N–H and O–H groups in total. The summed E-state index contributed by atoms with van der Waals surface area (Å²) < 4.78 is 0. The Morgan fingerprint density at radius 1 is 1.53 bits per heavy atom. The first kappa shape index (κ1) is 12.4. The van der Waals surface area contributed by atoms with Crippen molar-refractivity contribution in [1.29, 1.82) is 0 Å². The Morgan fingerprint density at radius 2 is 2.32 bits per heavy atom. The van der Waals surface area contributed by atoms with E-state index in [0.717, 1.165) is 18.5 Å². The molecular formula is C16H20N2O. The highest BCUT2D eigenvalue weighted by Gasteiger charge is 2.48. The van der Waals surface area contributed by atoms with E-state index in [0.29, 0.717) is 11.8 Å². The number of nitrogens with one attached hydrogen (secondary N) is 2. The fourth-order valence-electron chi connectivity index (χ4n) is 4.01. The minimum atomic E-state index is -0.122. The molecule has 2 aliphatic rings. The van der Waals surface area contributed by atoms with Crippen molar-refractivity contribution in [1.82, 2.24) is 10.3 Å². The van der Waals surface area contributed by atoms with E-state index in [2.05, 4.69) is 36.0 Å². The van der Waals surface area contributed by atoms with Crippen molar-refractivity contribution < 1.29 is 0 Å². The molecule has 0 saturated carbocycles. The first-order chi connectivity index (χ1) is 9.10. The number of hydrogen-bond donors (Lipinski definition) is 2. The fraction of sp³-hybridized carbons (Fsp3) is 0.438. The molecule has 0 aromatic carbocycles. The molecule has 0 unspecified atom stereocenters. The zero-order valence-electron chi connectivity index (χ0n) is 11.5. The number of aromatic amines is 1. The van der Waals surface area contributed by atoms with Crippen molar-refractivity contribution >= 4 is 0 Å². The van der Waals surface area contributed by atoms with Gasteiger partial charge in [-0.1, -0.05) is 17.7 Å². The molecule has 2 aliphatic carbocycles. The van der Waals surface area contributed by atoms with Crippen molar-refractivity contribution in [2.45, 2.75) is 25.3 Å². The van der Waals surface area contributed by atoms with Gasteiger partial charge in [0.25, 0.3) is 0 Å². The highest BCUT2D eigenvalue weighted by molar-refractivity contribution is 5.40. The maximum atomic E-state index is 11.6. The minimum absolute atomic E-state index is 0.0131. The number of pyridine rings is 1. The van der Waals surface area contributed by atoms with Crippen LogP contribution in [0.4, 0.5) is 0 Å². The number of allylic oxidation sites excluding steroid dienone is 1. The second-order valence-corrected chi connectivity index (χ2v) is 5.76. The van der Waals surface area contributed by atoms with Gasteiger partial charge in [0, 0.05) is 17.7 Å². The molecule has 3 rings (SSSR count). The van der Waals surface area contributed by atoms with E-state index >= 15 is 0 Å². The fourth-order valence-corrected chi connectivity index (χ4v) is 4.01. The van der Waals surface area contributed by atoms with Crippen molar-refractivity contribution in [2.75, 3.05) is 7.05 Å². The lowest BCUT2D eigenvalue weighted by Gasteiger charge is -2.50. The number of H-pyrrole nitrogens is 1. The predicted molar refractivity (Wildman–Crippen MR) is 77.1 cm³/mol. The molecule has 0 saturated heterocycles. The SMILES string of the molecule is C=C[C@H]1[C@H]2C=C(C)C[C@]1(NC)c1ccc(=O)[nH]c1C2. The van der Waals surface area contributed by atoms with Gasteiger partial charge in [0.05, 0.1) is 5.54 Å². The lowest BCUT2D eigenvalue weighted by atomic mass is 9.59. The third-order valence-corrected chi connectivity index (χ3v) is 4.71. The Bertz CT molecular complexity index is 613. The second-order valence-electron chi connectivity index (χ2n) is 5.76. The maximum absolute atomic E-state index is 11.6. The van der Waals surface area contributed by atoms with Gasteiger partial charge in [0.2, 0.25) is 5.56 Å². The quantitative estimate of drug-likeness (QED) is 0.796. The lowest BCUT2D eigenvalue weighted by Crippen LogP contribution is -2.54. The van der Waals surface area contributed by atoms with E-state index in [-0.39, 0.29) is 11.1 Å². The van der Waals surface area contributed by atoms with E-state index in [1.54, 1.807) is 6.07 Å². The van der Waals surface area contributed by atoms with Gasteiger partial charge in [0.15, 0.2) is 0 Å². The van der Waals surface area contributed by atoms with Crippen LogP contribution in [-0.4, -0.2) is 12.0 Å². The summed E-state index contributed by atoms with van der Waals surface area (Å²) in [5, 5.41) is 3.52. The molecule has 100 valence electrons. The van der Waals surface area contributed by atoms with Crippen LogP contribution in [0.25, 0.3) is 0 Å². The van der Waals surface area contributed by atoms with E-state index in [4.69, 9.17) is 0 Å². The molecule has 3 atom stereocenters. The summed E-state index contributed by atoms with van der Waals surface area (Å²) in [6.07, 6.45) is 6.27. The number of hydrogen-bond acceptors (Lipinski definition) is 2. The number of aromatic nitrogens is 1. The van der Waals surface area contributed by atoms with Crippen molar-refractivity contribution in [2.24, 2.45) is 11.8 Å². The van der Waals surface area contributed by atoms with Crippen LogP contribution in [0.2, 0.25) is 0 Å². The molecular weight excluding hydrogens is 236 g/mol. The van der Waals surface area contributed by atoms with Crippen LogP contribution in [0.1, 0.15) is 24.6 Å². The summed E-state index contributed by atoms with van der Waals surface area (Å²) in [7, 11) is 2.01. The summed E-state index contributed by atoms with van der Waals surface area (Å²) in [5.41, 5.74) is 3.58. The third-order valence-electron chi connectivity index (χ3n) is 4.71. The summed E-state index contributed by atoms with van der Waals surface area (Å²) in [6.45, 7) is 6.22. The standard InChI is InChI=1S/C16H20N2O/c1-4-12-11-7-10(2)9-16(12,17-3)13-5-6-15(19)18-14(13)8-11/h4-7,11-12,17H,1,8-9H2,2-3H3,(H,18,19)/t11-,12-,16+/m0/s1. The lowest BCUT2D eigenvalue weighted by molar-refractivity contribution is 0.178. The maximum Gasteiger partial charge on any atom is 0.248 e.